The molecule has 0 saturated carbocycles. The molecular weight excluding hydrogens is 292 g/mol. The molecule has 0 radical (unpaired) electrons. The Morgan fingerprint density at radius 3 is 3.09 bits per heavy atom. The number of hydrogen-bond acceptors (Lipinski definition) is 3. The number of aromatic nitrogens is 1. The fourth-order valence-corrected chi connectivity index (χ4v) is 2.98. The Morgan fingerprint density at radius 1 is 1.43 bits per heavy atom. The van der Waals surface area contributed by atoms with Crippen LogP contribution in [0.15, 0.2) is 29.1 Å². The average Bonchev–Trinajstić information content (AvgIpc) is 3.05. The van der Waals surface area contributed by atoms with Gasteiger partial charge in [-0.3, -0.25) is 9.59 Å². The van der Waals surface area contributed by atoms with Gasteiger partial charge in [0.05, 0.1) is 11.6 Å². The highest BCUT2D eigenvalue weighted by Crippen LogP contribution is 2.15. The number of nitrogens with one attached hydrogen (secondary N) is 2. The van der Waals surface area contributed by atoms with Gasteiger partial charge in [0.25, 0.3) is 5.56 Å². The van der Waals surface area contributed by atoms with Gasteiger partial charge in [-0.1, -0.05) is 18.2 Å². The fourth-order valence-electron chi connectivity index (χ4n) is 2.98. The van der Waals surface area contributed by atoms with Gasteiger partial charge in [0.15, 0.2) is 0 Å². The van der Waals surface area contributed by atoms with E-state index in [2.05, 4.69) is 10.3 Å². The highest BCUT2D eigenvalue weighted by molar-refractivity contribution is 5.82. The van der Waals surface area contributed by atoms with Gasteiger partial charge in [0, 0.05) is 25.1 Å². The van der Waals surface area contributed by atoms with Crippen molar-refractivity contribution in [1.82, 2.24) is 10.3 Å². The van der Waals surface area contributed by atoms with Gasteiger partial charge in [-0.15, -0.1) is 0 Å². The number of aromatic amines is 1. The molecule has 1 saturated heterocycles. The third-order valence-corrected chi connectivity index (χ3v) is 4.34. The molecule has 1 fully saturated rings. The first-order valence-electron chi connectivity index (χ1n) is 8.13. The third-order valence-electron chi connectivity index (χ3n) is 4.34. The second-order valence-electron chi connectivity index (χ2n) is 6.10. The molecule has 23 heavy (non-hydrogen) atoms. The van der Waals surface area contributed by atoms with Crippen molar-refractivity contribution in [2.75, 3.05) is 13.2 Å². The predicted molar refractivity (Wildman–Crippen MR) is 89.6 cm³/mol. The summed E-state index contributed by atoms with van der Waals surface area (Å²) in [5, 5.41) is 3.88. The molecule has 1 aromatic heterocycles. The second kappa shape index (κ2) is 6.96. The van der Waals surface area contributed by atoms with Crippen LogP contribution < -0.4 is 10.9 Å². The molecule has 2 N–H and O–H groups in total. The van der Waals surface area contributed by atoms with Crippen molar-refractivity contribution in [3.05, 3.63) is 45.7 Å². The molecule has 5 nitrogen and oxygen atoms in total. The lowest BCUT2D eigenvalue weighted by atomic mass is 10.1. The van der Waals surface area contributed by atoms with Gasteiger partial charge < -0.3 is 15.0 Å². The topological polar surface area (TPSA) is 71.2 Å². The van der Waals surface area contributed by atoms with Crippen LogP contribution in [0.2, 0.25) is 0 Å². The lowest BCUT2D eigenvalue weighted by Gasteiger charge is -2.10. The summed E-state index contributed by atoms with van der Waals surface area (Å²) in [5.74, 6) is -0.0377. The van der Waals surface area contributed by atoms with E-state index in [4.69, 9.17) is 4.74 Å². The normalized spacial score (nSPS) is 17.5. The number of hydrogen-bond donors (Lipinski definition) is 2. The van der Waals surface area contributed by atoms with Gasteiger partial charge in [0.2, 0.25) is 5.91 Å². The van der Waals surface area contributed by atoms with Crippen molar-refractivity contribution >= 4 is 16.8 Å². The minimum atomic E-state index is -0.112. The van der Waals surface area contributed by atoms with E-state index in [1.54, 1.807) is 0 Å². The zero-order chi connectivity index (χ0) is 16.2. The first-order chi connectivity index (χ1) is 11.1. The standard InChI is InChI=1S/C18H22N2O3/c1-12-4-2-5-13-10-14(18(22)20-17(12)13)7-8-16(21)19-11-15-6-3-9-23-15/h2,4-5,10,15H,3,6-9,11H2,1H3,(H,19,21)(H,20,22). The van der Waals surface area contributed by atoms with Crippen LogP contribution in [0.4, 0.5) is 0 Å². The number of fused-ring (bicyclic) bond motifs is 1. The van der Waals surface area contributed by atoms with Crippen molar-refractivity contribution < 1.29 is 9.53 Å². The summed E-state index contributed by atoms with van der Waals surface area (Å²) in [7, 11) is 0. The second-order valence-corrected chi connectivity index (χ2v) is 6.10. The molecule has 2 aromatic rings. The Labute approximate surface area is 135 Å². The quantitative estimate of drug-likeness (QED) is 0.887. The number of amides is 1. The zero-order valence-corrected chi connectivity index (χ0v) is 13.4. The van der Waals surface area contributed by atoms with Gasteiger partial charge in [-0.2, -0.15) is 0 Å². The number of para-hydroxylation sites is 1. The van der Waals surface area contributed by atoms with Gasteiger partial charge in [-0.25, -0.2) is 0 Å². The van der Waals surface area contributed by atoms with E-state index in [9.17, 15) is 9.59 Å². The smallest absolute Gasteiger partial charge is 0.251 e. The maximum atomic E-state index is 12.2. The van der Waals surface area contributed by atoms with Crippen LogP contribution in [0.5, 0.6) is 0 Å². The van der Waals surface area contributed by atoms with Crippen molar-refractivity contribution in [2.24, 2.45) is 0 Å². The first-order valence-corrected chi connectivity index (χ1v) is 8.13. The number of ether oxygens (including phenoxy) is 1. The van der Waals surface area contributed by atoms with E-state index in [1.807, 2.05) is 31.2 Å². The molecule has 1 amide bonds. The summed E-state index contributed by atoms with van der Waals surface area (Å²) in [6.07, 6.45) is 2.96. The number of rotatable bonds is 5. The molecule has 122 valence electrons. The lowest BCUT2D eigenvalue weighted by molar-refractivity contribution is -0.121. The highest BCUT2D eigenvalue weighted by Gasteiger charge is 2.16. The van der Waals surface area contributed by atoms with Crippen molar-refractivity contribution in [1.29, 1.82) is 0 Å². The molecule has 1 atom stereocenters. The van der Waals surface area contributed by atoms with E-state index in [0.29, 0.717) is 24.9 Å². The molecule has 1 aliphatic heterocycles. The molecular formula is C18H22N2O3. The Morgan fingerprint density at radius 2 is 2.30 bits per heavy atom. The average molecular weight is 314 g/mol. The van der Waals surface area contributed by atoms with Crippen LogP contribution in [0.1, 0.15) is 30.4 Å². The fraction of sp³-hybridized carbons (Fsp3) is 0.444. The first kappa shape index (κ1) is 15.7. The Hall–Kier alpha value is -2.14. The van der Waals surface area contributed by atoms with E-state index in [-0.39, 0.29) is 17.6 Å². The maximum absolute atomic E-state index is 12.2. The molecule has 5 heteroatoms. The van der Waals surface area contributed by atoms with Gasteiger partial charge in [-0.05, 0) is 43.2 Å². The molecule has 3 rings (SSSR count). The summed E-state index contributed by atoms with van der Waals surface area (Å²) in [6, 6.07) is 7.79. The van der Waals surface area contributed by atoms with E-state index < -0.39 is 0 Å². The summed E-state index contributed by atoms with van der Waals surface area (Å²) in [6.45, 7) is 3.31. The monoisotopic (exact) mass is 314 g/mol. The number of aryl methyl sites for hydroxylation is 2. The highest BCUT2D eigenvalue weighted by atomic mass is 16.5. The molecule has 0 spiro atoms. The molecule has 1 aliphatic rings. The van der Waals surface area contributed by atoms with Crippen molar-refractivity contribution in [2.45, 2.75) is 38.7 Å². The Bertz CT molecular complexity index is 760. The lowest BCUT2D eigenvalue weighted by Crippen LogP contribution is -2.32. The summed E-state index contributed by atoms with van der Waals surface area (Å²) in [4.78, 5) is 27.0. The molecule has 0 aliphatic carbocycles. The van der Waals surface area contributed by atoms with E-state index in [1.165, 1.54) is 0 Å². The SMILES string of the molecule is Cc1cccc2cc(CCC(=O)NCC3CCCO3)c(=O)[nH]c12. The van der Waals surface area contributed by atoms with Gasteiger partial charge >= 0.3 is 0 Å². The maximum Gasteiger partial charge on any atom is 0.251 e. The van der Waals surface area contributed by atoms with Crippen LogP contribution in [0.25, 0.3) is 10.9 Å². The van der Waals surface area contributed by atoms with Crippen LogP contribution in [-0.4, -0.2) is 30.1 Å². The van der Waals surface area contributed by atoms with E-state index in [0.717, 1.165) is 35.9 Å². The van der Waals surface area contributed by atoms with Crippen molar-refractivity contribution in [3.8, 4) is 0 Å². The number of carbonyl (C=O) groups is 1. The zero-order valence-electron chi connectivity index (χ0n) is 13.4. The largest absolute Gasteiger partial charge is 0.376 e. The number of pyridine rings is 1. The number of carbonyl (C=O) groups excluding carboxylic acids is 1. The van der Waals surface area contributed by atoms with Crippen LogP contribution in [0, 0.1) is 6.92 Å². The van der Waals surface area contributed by atoms with Crippen molar-refractivity contribution in [3.63, 3.8) is 0 Å². The summed E-state index contributed by atoms with van der Waals surface area (Å²) in [5.41, 5.74) is 2.44. The molecule has 0 bridgehead atoms. The molecule has 1 aromatic carbocycles. The minimum absolute atomic E-state index is 0.0377. The Kier molecular flexibility index (Phi) is 4.76. The molecule has 1 unspecified atom stereocenters. The van der Waals surface area contributed by atoms with Crippen LogP contribution >= 0.6 is 0 Å². The summed E-state index contributed by atoms with van der Waals surface area (Å²) >= 11 is 0. The third kappa shape index (κ3) is 3.79. The minimum Gasteiger partial charge on any atom is -0.376 e. The van der Waals surface area contributed by atoms with Crippen LogP contribution in [0.3, 0.4) is 0 Å². The van der Waals surface area contributed by atoms with Crippen LogP contribution in [-0.2, 0) is 16.0 Å². The Balaban J connectivity index is 1.61. The summed E-state index contributed by atoms with van der Waals surface area (Å²) < 4.78 is 5.47. The number of H-pyrrole nitrogens is 1. The van der Waals surface area contributed by atoms with E-state index >= 15 is 0 Å². The molecule has 2 heterocycles. The number of benzene rings is 1. The van der Waals surface area contributed by atoms with Gasteiger partial charge in [0.1, 0.15) is 0 Å². The predicted octanol–water partition coefficient (Wildman–Crippen LogP) is 2.06.